The number of hydrogen-bond donors (Lipinski definition) is 2. The van der Waals surface area contributed by atoms with Crippen LogP contribution in [0.5, 0.6) is 0 Å². The first-order valence-electron chi connectivity index (χ1n) is 6.52. The molecule has 98 valence electrons. The van der Waals surface area contributed by atoms with Crippen molar-refractivity contribution in [2.45, 2.75) is 37.8 Å². The fourth-order valence-electron chi connectivity index (χ4n) is 2.92. The Morgan fingerprint density at radius 3 is 2.74 bits per heavy atom. The zero-order chi connectivity index (χ0) is 13.4. The summed E-state index contributed by atoms with van der Waals surface area (Å²) in [4.78, 5) is 3.15. The van der Waals surface area contributed by atoms with Crippen molar-refractivity contribution >= 4 is 23.3 Å². The Kier molecular flexibility index (Phi) is 3.13. The fraction of sp³-hybridized carbons (Fsp3) is 0.429. The van der Waals surface area contributed by atoms with Crippen LogP contribution in [0.2, 0.25) is 0 Å². The van der Waals surface area contributed by atoms with Crippen molar-refractivity contribution in [3.63, 3.8) is 0 Å². The van der Waals surface area contributed by atoms with E-state index in [1.807, 2.05) is 12.1 Å². The largest absolute Gasteiger partial charge is 0.393 e. The van der Waals surface area contributed by atoms with E-state index in [9.17, 15) is 5.11 Å². The molecule has 0 aliphatic heterocycles. The van der Waals surface area contributed by atoms with Gasteiger partial charge in [0, 0.05) is 6.04 Å². The molecule has 0 atom stereocenters. The summed E-state index contributed by atoms with van der Waals surface area (Å²) in [6.45, 7) is 0. The predicted octanol–water partition coefficient (Wildman–Crippen LogP) is 3.05. The SMILES string of the molecule is N#Cc1cccc2c1[nH]c(=S)n2C1CCC(O)CC1. The van der Waals surface area contributed by atoms with Gasteiger partial charge in [-0.25, -0.2) is 0 Å². The first kappa shape index (κ1) is 12.4. The zero-order valence-electron chi connectivity index (χ0n) is 10.5. The second-order valence-electron chi connectivity index (χ2n) is 5.07. The molecule has 0 spiro atoms. The molecule has 4 nitrogen and oxygen atoms in total. The lowest BCUT2D eigenvalue weighted by atomic mass is 9.93. The molecular formula is C14H15N3OS. The molecule has 0 saturated heterocycles. The maximum atomic E-state index is 9.60. The smallest absolute Gasteiger partial charge is 0.178 e. The molecule has 1 aromatic carbocycles. The molecule has 5 heteroatoms. The van der Waals surface area contributed by atoms with Crippen molar-refractivity contribution in [3.05, 3.63) is 28.5 Å². The normalized spacial score (nSPS) is 23.4. The molecule has 3 rings (SSSR count). The number of fused-ring (bicyclic) bond motifs is 1. The summed E-state index contributed by atoms with van der Waals surface area (Å²) >= 11 is 5.41. The molecule has 0 bridgehead atoms. The van der Waals surface area contributed by atoms with Crippen molar-refractivity contribution in [1.29, 1.82) is 5.26 Å². The van der Waals surface area contributed by atoms with Gasteiger partial charge >= 0.3 is 0 Å². The van der Waals surface area contributed by atoms with Crippen LogP contribution in [0, 0.1) is 16.1 Å². The summed E-state index contributed by atoms with van der Waals surface area (Å²) in [5, 5.41) is 18.7. The number of benzene rings is 1. The molecule has 0 radical (unpaired) electrons. The molecule has 0 amide bonds. The highest BCUT2D eigenvalue weighted by Crippen LogP contribution is 2.32. The molecule has 1 aliphatic rings. The van der Waals surface area contributed by atoms with Crippen LogP contribution >= 0.6 is 12.2 Å². The molecule has 1 aliphatic carbocycles. The monoisotopic (exact) mass is 273 g/mol. The summed E-state index contributed by atoms with van der Waals surface area (Å²) in [5.74, 6) is 0. The van der Waals surface area contributed by atoms with Gasteiger partial charge in [0.15, 0.2) is 4.77 Å². The Balaban J connectivity index is 2.12. The highest BCUT2D eigenvalue weighted by atomic mass is 32.1. The van der Waals surface area contributed by atoms with E-state index < -0.39 is 0 Å². The van der Waals surface area contributed by atoms with Crippen LogP contribution in [0.4, 0.5) is 0 Å². The van der Waals surface area contributed by atoms with E-state index in [2.05, 4.69) is 15.6 Å². The Morgan fingerprint density at radius 2 is 2.05 bits per heavy atom. The second-order valence-corrected chi connectivity index (χ2v) is 5.46. The summed E-state index contributed by atoms with van der Waals surface area (Å²) in [7, 11) is 0. The number of imidazole rings is 1. The third-order valence-corrected chi connectivity index (χ3v) is 4.20. The summed E-state index contributed by atoms with van der Waals surface area (Å²) in [5.41, 5.74) is 2.43. The summed E-state index contributed by atoms with van der Waals surface area (Å²) in [6, 6.07) is 8.18. The number of aliphatic hydroxyl groups is 1. The van der Waals surface area contributed by atoms with Crippen molar-refractivity contribution in [3.8, 4) is 6.07 Å². The molecule has 19 heavy (non-hydrogen) atoms. The lowest BCUT2D eigenvalue weighted by Crippen LogP contribution is -2.21. The maximum absolute atomic E-state index is 9.60. The Hall–Kier alpha value is -1.64. The Bertz CT molecular complexity index is 702. The van der Waals surface area contributed by atoms with Crippen molar-refractivity contribution in [1.82, 2.24) is 9.55 Å². The molecule has 2 N–H and O–H groups in total. The molecule has 0 unspecified atom stereocenters. The third-order valence-electron chi connectivity index (χ3n) is 3.90. The second kappa shape index (κ2) is 4.80. The van der Waals surface area contributed by atoms with Crippen LogP contribution in [0.3, 0.4) is 0 Å². The molecule has 1 saturated carbocycles. The predicted molar refractivity (Wildman–Crippen MR) is 75.3 cm³/mol. The van der Waals surface area contributed by atoms with E-state index in [0.717, 1.165) is 36.7 Å². The van der Waals surface area contributed by atoms with E-state index in [-0.39, 0.29) is 6.10 Å². The van der Waals surface area contributed by atoms with Crippen LogP contribution in [0.15, 0.2) is 18.2 Å². The molecular weight excluding hydrogens is 258 g/mol. The minimum atomic E-state index is -0.176. The van der Waals surface area contributed by atoms with Gasteiger partial charge in [-0.05, 0) is 50.0 Å². The molecule has 2 aromatic rings. The minimum Gasteiger partial charge on any atom is -0.393 e. The number of nitriles is 1. The van der Waals surface area contributed by atoms with E-state index in [1.165, 1.54) is 0 Å². The number of hydrogen-bond acceptors (Lipinski definition) is 3. The van der Waals surface area contributed by atoms with Gasteiger partial charge in [-0.15, -0.1) is 0 Å². The highest BCUT2D eigenvalue weighted by Gasteiger charge is 2.23. The summed E-state index contributed by atoms with van der Waals surface area (Å²) in [6.07, 6.45) is 3.32. The quantitative estimate of drug-likeness (QED) is 0.785. The number of aromatic amines is 1. The van der Waals surface area contributed by atoms with E-state index >= 15 is 0 Å². The maximum Gasteiger partial charge on any atom is 0.178 e. The van der Waals surface area contributed by atoms with Gasteiger partial charge in [-0.3, -0.25) is 0 Å². The van der Waals surface area contributed by atoms with Gasteiger partial charge < -0.3 is 14.7 Å². The van der Waals surface area contributed by atoms with E-state index in [4.69, 9.17) is 17.5 Å². The Morgan fingerprint density at radius 1 is 1.32 bits per heavy atom. The summed E-state index contributed by atoms with van der Waals surface area (Å²) < 4.78 is 2.77. The number of aliphatic hydroxyl groups excluding tert-OH is 1. The number of nitrogens with zero attached hydrogens (tertiary/aromatic N) is 2. The lowest BCUT2D eigenvalue weighted by molar-refractivity contribution is 0.111. The number of rotatable bonds is 1. The average Bonchev–Trinajstić information content (AvgIpc) is 2.76. The minimum absolute atomic E-state index is 0.176. The lowest BCUT2D eigenvalue weighted by Gasteiger charge is -2.26. The highest BCUT2D eigenvalue weighted by molar-refractivity contribution is 7.71. The number of para-hydroxylation sites is 1. The third kappa shape index (κ3) is 2.07. The molecule has 1 fully saturated rings. The topological polar surface area (TPSA) is 64.7 Å². The fourth-order valence-corrected chi connectivity index (χ4v) is 3.27. The molecule has 1 aromatic heterocycles. The number of aromatic nitrogens is 2. The average molecular weight is 273 g/mol. The first-order valence-corrected chi connectivity index (χ1v) is 6.93. The van der Waals surface area contributed by atoms with Crippen LogP contribution in [0.1, 0.15) is 37.3 Å². The van der Waals surface area contributed by atoms with Gasteiger partial charge in [0.2, 0.25) is 0 Å². The number of nitrogens with one attached hydrogen (secondary N) is 1. The standard InChI is InChI=1S/C14H15N3OS/c15-8-9-2-1-3-12-13(9)16-14(19)17(12)10-4-6-11(18)7-5-10/h1-3,10-11,18H,4-7H2,(H,16,19). The van der Waals surface area contributed by atoms with Crippen LogP contribution in [0.25, 0.3) is 11.0 Å². The van der Waals surface area contributed by atoms with E-state index in [1.54, 1.807) is 6.07 Å². The van der Waals surface area contributed by atoms with Crippen molar-refractivity contribution in [2.75, 3.05) is 0 Å². The number of H-pyrrole nitrogens is 1. The van der Waals surface area contributed by atoms with Crippen molar-refractivity contribution < 1.29 is 5.11 Å². The van der Waals surface area contributed by atoms with Gasteiger partial charge in [0.1, 0.15) is 6.07 Å². The zero-order valence-corrected chi connectivity index (χ0v) is 11.3. The van der Waals surface area contributed by atoms with Gasteiger partial charge in [-0.2, -0.15) is 5.26 Å². The van der Waals surface area contributed by atoms with Gasteiger partial charge in [0.25, 0.3) is 0 Å². The van der Waals surface area contributed by atoms with Crippen LogP contribution in [-0.4, -0.2) is 20.8 Å². The van der Waals surface area contributed by atoms with E-state index in [0.29, 0.717) is 16.4 Å². The van der Waals surface area contributed by atoms with Gasteiger partial charge in [-0.1, -0.05) is 6.07 Å². The first-order chi connectivity index (χ1) is 9.20. The molecule has 1 heterocycles. The van der Waals surface area contributed by atoms with Gasteiger partial charge in [0.05, 0.1) is 22.7 Å². The van der Waals surface area contributed by atoms with Crippen LogP contribution < -0.4 is 0 Å². The Labute approximate surface area is 116 Å². The van der Waals surface area contributed by atoms with Crippen LogP contribution in [-0.2, 0) is 0 Å². The van der Waals surface area contributed by atoms with Crippen molar-refractivity contribution in [2.24, 2.45) is 0 Å².